The number of methoxy groups -OCH3 is 1. The van der Waals surface area contributed by atoms with E-state index in [-0.39, 0.29) is 6.04 Å². The van der Waals surface area contributed by atoms with E-state index < -0.39 is 0 Å². The maximum absolute atomic E-state index is 5.41. The van der Waals surface area contributed by atoms with Crippen LogP contribution in [0.25, 0.3) is 0 Å². The first-order chi connectivity index (χ1) is 8.36. The first-order valence-electron chi connectivity index (χ1n) is 5.61. The van der Waals surface area contributed by atoms with Crippen molar-refractivity contribution in [2.24, 2.45) is 0 Å². The smallest absolute Gasteiger partial charge is 0.124 e. The molecule has 0 radical (unpaired) electrons. The quantitative estimate of drug-likeness (QED) is 0.883. The van der Waals surface area contributed by atoms with Crippen LogP contribution in [0, 0.1) is 0 Å². The molecule has 1 unspecified atom stereocenters. The highest BCUT2D eigenvalue weighted by molar-refractivity contribution is 7.09. The topological polar surface area (TPSA) is 34.2 Å². The number of nitrogens with zero attached hydrogens (tertiary/aromatic N) is 1. The van der Waals surface area contributed by atoms with Crippen molar-refractivity contribution in [1.29, 1.82) is 0 Å². The second-order valence-corrected chi connectivity index (χ2v) is 4.55. The van der Waals surface area contributed by atoms with Crippen LogP contribution in [0.2, 0.25) is 0 Å². The molecule has 0 saturated carbocycles. The van der Waals surface area contributed by atoms with Crippen LogP contribution in [-0.2, 0) is 0 Å². The van der Waals surface area contributed by atoms with Gasteiger partial charge in [0.25, 0.3) is 0 Å². The Hall–Kier alpha value is -1.39. The van der Waals surface area contributed by atoms with Crippen LogP contribution in [0.15, 0.2) is 36.0 Å². The minimum Gasteiger partial charge on any atom is -0.496 e. The van der Waals surface area contributed by atoms with E-state index >= 15 is 0 Å². The summed E-state index contributed by atoms with van der Waals surface area (Å²) in [5, 5.41) is 3.47. The lowest BCUT2D eigenvalue weighted by Gasteiger charge is -2.19. The summed E-state index contributed by atoms with van der Waals surface area (Å²) in [7, 11) is 1.70. The average molecular weight is 248 g/mol. The van der Waals surface area contributed by atoms with Crippen molar-refractivity contribution in [1.82, 2.24) is 10.3 Å². The van der Waals surface area contributed by atoms with Gasteiger partial charge >= 0.3 is 0 Å². The maximum Gasteiger partial charge on any atom is 0.124 e. The van der Waals surface area contributed by atoms with Crippen molar-refractivity contribution < 1.29 is 4.74 Å². The second kappa shape index (κ2) is 5.80. The molecule has 1 aromatic carbocycles. The van der Waals surface area contributed by atoms with Crippen molar-refractivity contribution in [3.05, 3.63) is 46.4 Å². The average Bonchev–Trinajstić information content (AvgIpc) is 2.89. The number of aromatic nitrogens is 1. The van der Waals surface area contributed by atoms with E-state index in [9.17, 15) is 0 Å². The number of hydrogen-bond donors (Lipinski definition) is 1. The number of rotatable bonds is 5. The van der Waals surface area contributed by atoms with Crippen molar-refractivity contribution in [3.8, 4) is 5.75 Å². The highest BCUT2D eigenvalue weighted by Crippen LogP contribution is 2.31. The summed E-state index contributed by atoms with van der Waals surface area (Å²) in [6.07, 6.45) is 1.91. The van der Waals surface area contributed by atoms with Crippen molar-refractivity contribution >= 4 is 11.3 Å². The zero-order chi connectivity index (χ0) is 12.1. The Labute approximate surface area is 105 Å². The largest absolute Gasteiger partial charge is 0.496 e. The monoisotopic (exact) mass is 248 g/mol. The Morgan fingerprint density at radius 1 is 1.41 bits per heavy atom. The summed E-state index contributed by atoms with van der Waals surface area (Å²) < 4.78 is 5.41. The maximum atomic E-state index is 5.41. The first kappa shape index (κ1) is 12.1. The highest BCUT2D eigenvalue weighted by atomic mass is 32.1. The van der Waals surface area contributed by atoms with Crippen LogP contribution >= 0.6 is 11.3 Å². The highest BCUT2D eigenvalue weighted by Gasteiger charge is 2.17. The minimum absolute atomic E-state index is 0.156. The third-order valence-electron chi connectivity index (χ3n) is 2.59. The van der Waals surface area contributed by atoms with E-state index in [1.807, 2.05) is 29.9 Å². The van der Waals surface area contributed by atoms with Crippen LogP contribution in [-0.4, -0.2) is 18.6 Å². The molecular formula is C13H16N2OS. The molecule has 1 heterocycles. The Kier molecular flexibility index (Phi) is 4.12. The van der Waals surface area contributed by atoms with Crippen molar-refractivity contribution in [2.75, 3.05) is 13.7 Å². The molecule has 4 heteroatoms. The van der Waals surface area contributed by atoms with Crippen LogP contribution in [0.1, 0.15) is 23.4 Å². The van der Waals surface area contributed by atoms with Gasteiger partial charge in [-0.3, -0.25) is 4.98 Å². The molecule has 0 aliphatic rings. The Morgan fingerprint density at radius 2 is 2.24 bits per heavy atom. The molecule has 90 valence electrons. The van der Waals surface area contributed by atoms with Crippen molar-refractivity contribution in [2.45, 2.75) is 13.0 Å². The van der Waals surface area contributed by atoms with Gasteiger partial charge in [0.2, 0.25) is 0 Å². The van der Waals surface area contributed by atoms with E-state index in [1.165, 1.54) is 4.88 Å². The van der Waals surface area contributed by atoms with Crippen LogP contribution in [0.4, 0.5) is 0 Å². The molecule has 0 spiro atoms. The SMILES string of the molecule is CCNC(c1cncs1)c1ccccc1OC. The van der Waals surface area contributed by atoms with E-state index in [0.29, 0.717) is 0 Å². The number of para-hydroxylation sites is 1. The Morgan fingerprint density at radius 3 is 2.88 bits per heavy atom. The van der Waals surface area contributed by atoms with Gasteiger partial charge in [-0.25, -0.2) is 0 Å². The Bertz CT molecular complexity index is 456. The molecule has 0 saturated heterocycles. The summed E-state index contributed by atoms with van der Waals surface area (Å²) in [5.41, 5.74) is 3.01. The predicted molar refractivity (Wildman–Crippen MR) is 70.6 cm³/mol. The normalized spacial score (nSPS) is 12.4. The van der Waals surface area contributed by atoms with E-state index in [4.69, 9.17) is 4.74 Å². The summed E-state index contributed by atoms with van der Waals surface area (Å²) >= 11 is 1.66. The van der Waals surface area contributed by atoms with E-state index in [1.54, 1.807) is 18.4 Å². The van der Waals surface area contributed by atoms with Crippen molar-refractivity contribution in [3.63, 3.8) is 0 Å². The lowest BCUT2D eigenvalue weighted by atomic mass is 10.0. The van der Waals surface area contributed by atoms with Gasteiger partial charge in [0.05, 0.1) is 18.7 Å². The fourth-order valence-corrected chi connectivity index (χ4v) is 2.55. The number of hydrogen-bond acceptors (Lipinski definition) is 4. The lowest BCUT2D eigenvalue weighted by Crippen LogP contribution is -2.21. The summed E-state index contributed by atoms with van der Waals surface area (Å²) in [6.45, 7) is 3.00. The third kappa shape index (κ3) is 2.65. The molecule has 0 fully saturated rings. The second-order valence-electron chi connectivity index (χ2n) is 3.64. The van der Waals surface area contributed by atoms with Gasteiger partial charge in [-0.2, -0.15) is 0 Å². The van der Waals surface area contributed by atoms with Gasteiger partial charge in [-0.1, -0.05) is 25.1 Å². The molecule has 2 rings (SSSR count). The van der Waals surface area contributed by atoms with Gasteiger partial charge in [0.1, 0.15) is 5.75 Å². The number of ether oxygens (including phenoxy) is 1. The molecule has 0 aliphatic carbocycles. The fourth-order valence-electron chi connectivity index (χ4n) is 1.84. The third-order valence-corrected chi connectivity index (χ3v) is 3.43. The zero-order valence-electron chi connectivity index (χ0n) is 10.0. The van der Waals surface area contributed by atoms with Crippen LogP contribution < -0.4 is 10.1 Å². The van der Waals surface area contributed by atoms with Gasteiger partial charge in [0, 0.05) is 16.6 Å². The molecular weight excluding hydrogens is 232 g/mol. The minimum atomic E-state index is 0.156. The number of benzene rings is 1. The van der Waals surface area contributed by atoms with E-state index in [2.05, 4.69) is 23.3 Å². The summed E-state index contributed by atoms with van der Waals surface area (Å²) in [4.78, 5) is 5.35. The number of thiazole rings is 1. The summed E-state index contributed by atoms with van der Waals surface area (Å²) in [5.74, 6) is 0.909. The summed E-state index contributed by atoms with van der Waals surface area (Å²) in [6, 6.07) is 8.25. The molecule has 0 amide bonds. The standard InChI is InChI=1S/C13H16N2OS/c1-3-15-13(12-8-14-9-17-12)10-6-4-5-7-11(10)16-2/h4-9,13,15H,3H2,1-2H3. The van der Waals surface area contributed by atoms with Gasteiger partial charge in [-0.05, 0) is 12.6 Å². The first-order valence-corrected chi connectivity index (χ1v) is 6.49. The number of nitrogens with one attached hydrogen (secondary N) is 1. The van der Waals surface area contributed by atoms with Gasteiger partial charge in [-0.15, -0.1) is 11.3 Å². The molecule has 2 aromatic rings. The molecule has 17 heavy (non-hydrogen) atoms. The Balaban J connectivity index is 2.39. The molecule has 1 aromatic heterocycles. The molecule has 1 atom stereocenters. The van der Waals surface area contributed by atoms with Crippen LogP contribution in [0.5, 0.6) is 5.75 Å². The molecule has 1 N–H and O–H groups in total. The van der Waals surface area contributed by atoms with Crippen LogP contribution in [0.3, 0.4) is 0 Å². The fraction of sp³-hybridized carbons (Fsp3) is 0.308. The van der Waals surface area contributed by atoms with E-state index in [0.717, 1.165) is 17.9 Å². The van der Waals surface area contributed by atoms with Gasteiger partial charge < -0.3 is 10.1 Å². The molecule has 0 bridgehead atoms. The molecule has 3 nitrogen and oxygen atoms in total. The zero-order valence-corrected chi connectivity index (χ0v) is 10.8. The molecule has 0 aliphatic heterocycles. The predicted octanol–water partition coefficient (Wildman–Crippen LogP) is 2.85. The lowest BCUT2D eigenvalue weighted by molar-refractivity contribution is 0.404. The van der Waals surface area contributed by atoms with Gasteiger partial charge in [0.15, 0.2) is 0 Å².